The molecule has 20 heavy (non-hydrogen) atoms. The first kappa shape index (κ1) is 13.9. The Labute approximate surface area is 118 Å². The fourth-order valence-corrected chi connectivity index (χ4v) is 1.91. The number of nitrogens with zero attached hydrogens (tertiary/aromatic N) is 5. The summed E-state index contributed by atoms with van der Waals surface area (Å²) in [6.45, 7) is 0. The van der Waals surface area contributed by atoms with E-state index in [0.29, 0.717) is 0 Å². The molecule has 0 aliphatic rings. The van der Waals surface area contributed by atoms with E-state index in [1.807, 2.05) is 19.0 Å². The summed E-state index contributed by atoms with van der Waals surface area (Å²) in [5.41, 5.74) is 1.10. The topological polar surface area (TPSA) is 104 Å². The van der Waals surface area contributed by atoms with Gasteiger partial charge in [-0.05, 0) is 23.5 Å². The van der Waals surface area contributed by atoms with Crippen LogP contribution in [0.15, 0.2) is 34.6 Å². The maximum absolute atomic E-state index is 10.5. The molecule has 1 heterocycles. The van der Waals surface area contributed by atoms with Crippen LogP contribution < -0.4 is 4.90 Å². The minimum Gasteiger partial charge on any atom is -0.506 e. The lowest BCUT2D eigenvalue weighted by Crippen LogP contribution is -2.07. The molecule has 0 unspecified atom stereocenters. The second-order valence-corrected chi connectivity index (χ2v) is 4.99. The Hall–Kier alpha value is -2.55. The number of hydrogen-bond acceptors (Lipinski definition) is 8. The molecule has 1 aromatic carbocycles. The molecule has 2 aromatic rings. The Morgan fingerprint density at radius 3 is 2.70 bits per heavy atom. The van der Waals surface area contributed by atoms with Gasteiger partial charge in [-0.2, -0.15) is 0 Å². The third kappa shape index (κ3) is 3.06. The van der Waals surface area contributed by atoms with Gasteiger partial charge < -0.3 is 10.0 Å². The van der Waals surface area contributed by atoms with E-state index in [0.717, 1.165) is 23.2 Å². The van der Waals surface area contributed by atoms with Crippen LogP contribution in [0.3, 0.4) is 0 Å². The Bertz CT molecular complexity index is 668. The van der Waals surface area contributed by atoms with Crippen LogP contribution in [0.25, 0.3) is 0 Å². The summed E-state index contributed by atoms with van der Waals surface area (Å²) in [6, 6.07) is 4.94. The number of nitro groups is 1. The summed E-state index contributed by atoms with van der Waals surface area (Å²) in [7, 11) is 3.70. The van der Waals surface area contributed by atoms with Gasteiger partial charge in [-0.3, -0.25) is 10.1 Å². The second kappa shape index (κ2) is 5.61. The monoisotopic (exact) mass is 293 g/mol. The highest BCUT2D eigenvalue weighted by molar-refractivity contribution is 7.18. The molecule has 1 aromatic heterocycles. The molecule has 0 aliphatic heterocycles. The zero-order valence-corrected chi connectivity index (χ0v) is 11.5. The number of aromatic nitrogens is 1. The summed E-state index contributed by atoms with van der Waals surface area (Å²) in [5, 5.41) is 28.0. The van der Waals surface area contributed by atoms with Crippen molar-refractivity contribution in [1.29, 1.82) is 0 Å². The summed E-state index contributed by atoms with van der Waals surface area (Å²) < 4.78 is 0. The van der Waals surface area contributed by atoms with E-state index in [1.54, 1.807) is 18.2 Å². The molecule has 0 spiro atoms. The number of phenols is 1. The fourth-order valence-electron chi connectivity index (χ4n) is 1.36. The van der Waals surface area contributed by atoms with Crippen LogP contribution >= 0.6 is 11.3 Å². The van der Waals surface area contributed by atoms with Gasteiger partial charge in [0, 0.05) is 25.8 Å². The van der Waals surface area contributed by atoms with E-state index in [4.69, 9.17) is 0 Å². The molecule has 0 atom stereocenters. The number of hydrogen-bond donors (Lipinski definition) is 1. The van der Waals surface area contributed by atoms with Crippen LogP contribution in [0.1, 0.15) is 0 Å². The van der Waals surface area contributed by atoms with Gasteiger partial charge in [-0.1, -0.05) is 0 Å². The van der Waals surface area contributed by atoms with Gasteiger partial charge in [0.2, 0.25) is 5.13 Å². The highest BCUT2D eigenvalue weighted by Crippen LogP contribution is 2.33. The van der Waals surface area contributed by atoms with Crippen molar-refractivity contribution in [2.45, 2.75) is 0 Å². The van der Waals surface area contributed by atoms with Crippen molar-refractivity contribution < 1.29 is 10.0 Å². The number of rotatable bonds is 4. The fraction of sp³-hybridized carbons (Fsp3) is 0.182. The Kier molecular flexibility index (Phi) is 3.89. The van der Waals surface area contributed by atoms with Crippen molar-refractivity contribution in [2.75, 3.05) is 19.0 Å². The third-order valence-electron chi connectivity index (χ3n) is 2.38. The predicted molar refractivity (Wildman–Crippen MR) is 75.4 cm³/mol. The number of anilines is 1. The minimum absolute atomic E-state index is 0.0222. The van der Waals surface area contributed by atoms with E-state index in [2.05, 4.69) is 15.2 Å². The third-order valence-corrected chi connectivity index (χ3v) is 3.21. The highest BCUT2D eigenvalue weighted by Gasteiger charge is 2.11. The van der Waals surface area contributed by atoms with Crippen molar-refractivity contribution >= 4 is 32.8 Å². The SMILES string of the molecule is CN(C)c1ccc(N=Nc2ncc([N+](=O)[O-])s2)c(O)c1. The van der Waals surface area contributed by atoms with E-state index in [9.17, 15) is 15.2 Å². The Balaban J connectivity index is 2.20. The molecule has 1 N–H and O–H groups in total. The van der Waals surface area contributed by atoms with Gasteiger partial charge in [-0.15, -0.1) is 10.2 Å². The van der Waals surface area contributed by atoms with Crippen molar-refractivity contribution in [1.82, 2.24) is 4.98 Å². The second-order valence-electron chi connectivity index (χ2n) is 4.01. The van der Waals surface area contributed by atoms with Gasteiger partial charge in [0.15, 0.2) is 0 Å². The molecule has 2 rings (SSSR count). The molecular weight excluding hydrogens is 282 g/mol. The van der Waals surface area contributed by atoms with Crippen molar-refractivity contribution in [3.05, 3.63) is 34.5 Å². The van der Waals surface area contributed by atoms with Crippen LogP contribution in [0.2, 0.25) is 0 Å². The largest absolute Gasteiger partial charge is 0.506 e. The van der Waals surface area contributed by atoms with Crippen LogP contribution in [0.5, 0.6) is 5.75 Å². The smallest absolute Gasteiger partial charge is 0.345 e. The maximum atomic E-state index is 10.5. The van der Waals surface area contributed by atoms with E-state index in [-0.39, 0.29) is 21.6 Å². The zero-order valence-electron chi connectivity index (χ0n) is 10.7. The molecule has 0 aliphatic carbocycles. The van der Waals surface area contributed by atoms with Gasteiger partial charge in [0.1, 0.15) is 17.6 Å². The molecule has 0 saturated heterocycles. The van der Waals surface area contributed by atoms with E-state index < -0.39 is 4.92 Å². The Morgan fingerprint density at radius 2 is 2.15 bits per heavy atom. The number of azo groups is 1. The highest BCUT2D eigenvalue weighted by atomic mass is 32.1. The van der Waals surface area contributed by atoms with Crippen molar-refractivity contribution in [2.24, 2.45) is 10.2 Å². The lowest BCUT2D eigenvalue weighted by molar-refractivity contribution is -0.380. The summed E-state index contributed by atoms with van der Waals surface area (Å²) in [5.74, 6) is -0.0222. The van der Waals surface area contributed by atoms with Gasteiger partial charge in [-0.25, -0.2) is 4.98 Å². The quantitative estimate of drug-likeness (QED) is 0.529. The predicted octanol–water partition coefficient (Wildman–Crippen LogP) is 3.24. The van der Waals surface area contributed by atoms with Gasteiger partial charge >= 0.3 is 5.00 Å². The zero-order chi connectivity index (χ0) is 14.7. The van der Waals surface area contributed by atoms with E-state index in [1.165, 1.54) is 0 Å². The molecule has 0 saturated carbocycles. The molecule has 0 bridgehead atoms. The Morgan fingerprint density at radius 1 is 1.40 bits per heavy atom. The number of aromatic hydroxyl groups is 1. The lowest BCUT2D eigenvalue weighted by Gasteiger charge is -2.12. The molecule has 8 nitrogen and oxygen atoms in total. The summed E-state index contributed by atoms with van der Waals surface area (Å²) in [6.07, 6.45) is 1.12. The van der Waals surface area contributed by atoms with Crippen LogP contribution in [0, 0.1) is 10.1 Å². The van der Waals surface area contributed by atoms with Crippen LogP contribution in [-0.4, -0.2) is 29.1 Å². The first-order chi connectivity index (χ1) is 9.47. The normalized spacial score (nSPS) is 10.9. The first-order valence-electron chi connectivity index (χ1n) is 5.49. The molecule has 0 radical (unpaired) electrons. The molecule has 0 amide bonds. The standard InChI is InChI=1S/C11H11N5O3S/c1-15(2)7-3-4-8(9(17)5-7)13-14-11-12-6-10(20-11)16(18)19/h3-6,17H,1-2H3. The summed E-state index contributed by atoms with van der Waals surface area (Å²) in [4.78, 5) is 15.6. The van der Waals surface area contributed by atoms with Crippen molar-refractivity contribution in [3.63, 3.8) is 0 Å². The number of benzene rings is 1. The van der Waals surface area contributed by atoms with Gasteiger partial charge in [0.25, 0.3) is 0 Å². The first-order valence-corrected chi connectivity index (χ1v) is 6.31. The van der Waals surface area contributed by atoms with Crippen LogP contribution in [0.4, 0.5) is 21.5 Å². The summed E-state index contributed by atoms with van der Waals surface area (Å²) >= 11 is 0.814. The number of phenolic OH excluding ortho intramolecular Hbond substituents is 1. The van der Waals surface area contributed by atoms with Crippen molar-refractivity contribution in [3.8, 4) is 5.75 Å². The average Bonchev–Trinajstić information content (AvgIpc) is 2.86. The van der Waals surface area contributed by atoms with E-state index >= 15 is 0 Å². The minimum atomic E-state index is -0.542. The maximum Gasteiger partial charge on any atom is 0.345 e. The molecular formula is C11H11N5O3S. The molecule has 9 heteroatoms. The molecule has 104 valence electrons. The van der Waals surface area contributed by atoms with Gasteiger partial charge in [0.05, 0.1) is 4.92 Å². The lowest BCUT2D eigenvalue weighted by atomic mass is 10.2. The van der Waals surface area contributed by atoms with Crippen LogP contribution in [-0.2, 0) is 0 Å². The average molecular weight is 293 g/mol. The number of thiazole rings is 1. The molecule has 0 fully saturated rings.